The van der Waals surface area contributed by atoms with E-state index in [1.807, 2.05) is 48.5 Å². The second-order valence-corrected chi connectivity index (χ2v) is 6.58. The predicted molar refractivity (Wildman–Crippen MR) is 89.7 cm³/mol. The fourth-order valence-corrected chi connectivity index (χ4v) is 4.23. The van der Waals surface area contributed by atoms with Crippen LogP contribution in [0.4, 0.5) is 0 Å². The fraction of sp³-hybridized carbons (Fsp3) is 0.263. The number of hydrogen-bond acceptors (Lipinski definition) is 4. The molecule has 1 aliphatic heterocycles. The number of hydrogen-bond donors (Lipinski definition) is 0. The second kappa shape index (κ2) is 6.59. The monoisotopic (exact) mass is 326 g/mol. The maximum Gasteiger partial charge on any atom is 0.317 e. The molecule has 2 aromatic rings. The summed E-state index contributed by atoms with van der Waals surface area (Å²) in [5, 5.41) is 0. The molecule has 0 saturated heterocycles. The van der Waals surface area contributed by atoms with E-state index < -0.39 is 11.9 Å². The van der Waals surface area contributed by atoms with Crippen LogP contribution in [0, 0.1) is 5.92 Å². The van der Waals surface area contributed by atoms with Gasteiger partial charge in [-0.05, 0) is 37.1 Å². The van der Waals surface area contributed by atoms with Crippen LogP contribution in [-0.2, 0) is 14.3 Å². The van der Waals surface area contributed by atoms with Crippen LogP contribution in [0.1, 0.15) is 30.9 Å². The molecule has 0 amide bonds. The lowest BCUT2D eigenvalue weighted by atomic mass is 9.78. The normalized spacial score (nSPS) is 14.5. The number of fused-ring (bicyclic) bond motifs is 2. The van der Waals surface area contributed by atoms with Gasteiger partial charge in [0.2, 0.25) is 0 Å². The van der Waals surface area contributed by atoms with Gasteiger partial charge in [-0.1, -0.05) is 48.2 Å². The molecular weight excluding hydrogens is 308 g/mol. The Labute approximate surface area is 140 Å². The van der Waals surface area contributed by atoms with E-state index in [4.69, 9.17) is 4.74 Å². The average Bonchev–Trinajstić information content (AvgIpc) is 2.54. The van der Waals surface area contributed by atoms with Crippen molar-refractivity contribution in [3.8, 4) is 0 Å². The molecule has 23 heavy (non-hydrogen) atoms. The molecule has 118 valence electrons. The number of Topliss-reactive ketones (excluding diaryl/α,β-unsaturated/α-hetero) is 1. The molecule has 0 radical (unpaired) electrons. The van der Waals surface area contributed by atoms with E-state index >= 15 is 0 Å². The van der Waals surface area contributed by atoms with E-state index in [-0.39, 0.29) is 18.3 Å². The first-order valence-corrected chi connectivity index (χ1v) is 8.48. The van der Waals surface area contributed by atoms with Gasteiger partial charge in [0.25, 0.3) is 0 Å². The summed E-state index contributed by atoms with van der Waals surface area (Å²) in [6.07, 6.45) is 0. The number of ether oxygens (including phenoxy) is 1. The highest BCUT2D eigenvalue weighted by Gasteiger charge is 2.39. The van der Waals surface area contributed by atoms with Gasteiger partial charge in [-0.15, -0.1) is 0 Å². The summed E-state index contributed by atoms with van der Waals surface area (Å²) in [6.45, 7) is 3.50. The third-order valence-electron chi connectivity index (χ3n) is 4.04. The zero-order valence-corrected chi connectivity index (χ0v) is 13.9. The van der Waals surface area contributed by atoms with E-state index in [2.05, 4.69) is 0 Å². The fourth-order valence-electron chi connectivity index (χ4n) is 3.07. The van der Waals surface area contributed by atoms with Crippen molar-refractivity contribution in [1.82, 2.24) is 0 Å². The highest BCUT2D eigenvalue weighted by molar-refractivity contribution is 7.99. The summed E-state index contributed by atoms with van der Waals surface area (Å²) in [5.41, 5.74) is 2.04. The molecule has 0 bridgehead atoms. The molecule has 1 heterocycles. The Bertz CT molecular complexity index is 708. The Morgan fingerprint density at radius 1 is 1.04 bits per heavy atom. The highest BCUT2D eigenvalue weighted by Crippen LogP contribution is 2.48. The zero-order chi connectivity index (χ0) is 16.4. The van der Waals surface area contributed by atoms with E-state index in [0.717, 1.165) is 20.9 Å². The van der Waals surface area contributed by atoms with Crippen LogP contribution < -0.4 is 0 Å². The Balaban J connectivity index is 2.16. The Morgan fingerprint density at radius 3 is 2.04 bits per heavy atom. The minimum Gasteiger partial charge on any atom is -0.465 e. The summed E-state index contributed by atoms with van der Waals surface area (Å²) in [6, 6.07) is 15.9. The number of benzene rings is 2. The van der Waals surface area contributed by atoms with Crippen LogP contribution in [0.2, 0.25) is 0 Å². The third-order valence-corrected chi connectivity index (χ3v) is 5.22. The first-order chi connectivity index (χ1) is 11.1. The first-order valence-electron chi connectivity index (χ1n) is 7.66. The van der Waals surface area contributed by atoms with Crippen LogP contribution in [0.3, 0.4) is 0 Å². The highest BCUT2D eigenvalue weighted by atomic mass is 32.2. The predicted octanol–water partition coefficient (Wildman–Crippen LogP) is 4.05. The summed E-state index contributed by atoms with van der Waals surface area (Å²) >= 11 is 1.68. The van der Waals surface area contributed by atoms with Crippen LogP contribution in [0.5, 0.6) is 0 Å². The van der Waals surface area contributed by atoms with Gasteiger partial charge in [0.15, 0.2) is 0 Å². The second-order valence-electron chi connectivity index (χ2n) is 5.50. The Morgan fingerprint density at radius 2 is 1.57 bits per heavy atom. The maximum atomic E-state index is 12.5. The smallest absolute Gasteiger partial charge is 0.317 e. The van der Waals surface area contributed by atoms with Gasteiger partial charge in [0.1, 0.15) is 11.7 Å². The maximum absolute atomic E-state index is 12.5. The van der Waals surface area contributed by atoms with E-state index in [1.165, 1.54) is 6.92 Å². The first kappa shape index (κ1) is 15.8. The van der Waals surface area contributed by atoms with Gasteiger partial charge in [-0.25, -0.2) is 0 Å². The van der Waals surface area contributed by atoms with E-state index in [1.54, 1.807) is 18.7 Å². The number of carbonyl (C=O) groups is 2. The topological polar surface area (TPSA) is 43.4 Å². The van der Waals surface area contributed by atoms with Gasteiger partial charge in [-0.3, -0.25) is 9.59 Å². The van der Waals surface area contributed by atoms with Crippen molar-refractivity contribution in [3.05, 3.63) is 59.7 Å². The Kier molecular flexibility index (Phi) is 4.53. The van der Waals surface area contributed by atoms with Gasteiger partial charge >= 0.3 is 5.97 Å². The standard InChI is InChI=1S/C19H18O3S/c1-3-22-19(21)17(12(2)20)18-13-8-4-6-10-15(13)23-16-11-7-5-9-14(16)18/h4-11,17-18H,3H2,1-2H3. The molecule has 1 aliphatic rings. The summed E-state index contributed by atoms with van der Waals surface area (Å²) in [7, 11) is 0. The van der Waals surface area contributed by atoms with Crippen molar-refractivity contribution in [3.63, 3.8) is 0 Å². The molecule has 0 fully saturated rings. The molecule has 1 atom stereocenters. The van der Waals surface area contributed by atoms with Crippen LogP contribution >= 0.6 is 11.8 Å². The average molecular weight is 326 g/mol. The van der Waals surface area contributed by atoms with Gasteiger partial charge in [0, 0.05) is 15.7 Å². The zero-order valence-electron chi connectivity index (χ0n) is 13.1. The molecule has 0 N–H and O–H groups in total. The molecule has 3 nitrogen and oxygen atoms in total. The minimum absolute atomic E-state index is 0.162. The summed E-state index contributed by atoms with van der Waals surface area (Å²) < 4.78 is 5.18. The van der Waals surface area contributed by atoms with Gasteiger partial charge < -0.3 is 4.74 Å². The van der Waals surface area contributed by atoms with Gasteiger partial charge in [-0.2, -0.15) is 0 Å². The molecule has 4 heteroatoms. The number of esters is 1. The summed E-state index contributed by atoms with van der Waals surface area (Å²) in [4.78, 5) is 26.9. The van der Waals surface area contributed by atoms with Gasteiger partial charge in [0.05, 0.1) is 6.61 Å². The molecule has 0 aliphatic carbocycles. The molecule has 2 aromatic carbocycles. The van der Waals surface area contributed by atoms with Crippen molar-refractivity contribution >= 4 is 23.5 Å². The van der Waals surface area contributed by atoms with Crippen LogP contribution in [0.25, 0.3) is 0 Å². The SMILES string of the molecule is CCOC(=O)C(C(C)=O)C1c2ccccc2Sc2ccccc21. The largest absolute Gasteiger partial charge is 0.465 e. The number of rotatable bonds is 4. The quantitative estimate of drug-likeness (QED) is 0.628. The molecule has 1 unspecified atom stereocenters. The van der Waals surface area contributed by atoms with E-state index in [0.29, 0.717) is 0 Å². The molecule has 0 saturated carbocycles. The van der Waals surface area contributed by atoms with Crippen LogP contribution in [0.15, 0.2) is 58.3 Å². The van der Waals surface area contributed by atoms with Crippen molar-refractivity contribution < 1.29 is 14.3 Å². The third kappa shape index (κ3) is 2.91. The molecule has 3 rings (SSSR count). The van der Waals surface area contributed by atoms with E-state index in [9.17, 15) is 9.59 Å². The lowest BCUT2D eigenvalue weighted by Gasteiger charge is -2.31. The molecule has 0 spiro atoms. The Hall–Kier alpha value is -2.07. The lowest BCUT2D eigenvalue weighted by Crippen LogP contribution is -2.32. The van der Waals surface area contributed by atoms with Crippen molar-refractivity contribution in [2.75, 3.05) is 6.61 Å². The molecular formula is C19H18O3S. The minimum atomic E-state index is -0.807. The lowest BCUT2D eigenvalue weighted by molar-refractivity contribution is -0.151. The number of carbonyl (C=O) groups excluding carboxylic acids is 2. The molecule has 0 aromatic heterocycles. The van der Waals surface area contributed by atoms with Crippen LogP contribution in [-0.4, -0.2) is 18.4 Å². The van der Waals surface area contributed by atoms with Crippen molar-refractivity contribution in [2.24, 2.45) is 5.92 Å². The summed E-state index contributed by atoms with van der Waals surface area (Å²) in [5.74, 6) is -1.70. The van der Waals surface area contributed by atoms with Crippen molar-refractivity contribution in [1.29, 1.82) is 0 Å². The number of ketones is 1. The van der Waals surface area contributed by atoms with Crippen molar-refractivity contribution in [2.45, 2.75) is 29.6 Å².